The van der Waals surface area contributed by atoms with E-state index in [0.717, 1.165) is 0 Å². The number of aromatic nitrogens is 3. The Balaban J connectivity index is 2.19. The van der Waals surface area contributed by atoms with E-state index in [0.29, 0.717) is 15.3 Å². The summed E-state index contributed by atoms with van der Waals surface area (Å²) in [5.41, 5.74) is 1.87. The number of carbonyl (C=O) groups excluding carboxylic acids is 1. The van der Waals surface area contributed by atoms with Gasteiger partial charge in [-0.15, -0.1) is 10.2 Å². The Morgan fingerprint density at radius 2 is 2.40 bits per heavy atom. The molecule has 0 spiro atoms. The van der Waals surface area contributed by atoms with E-state index in [1.807, 2.05) is 0 Å². The van der Waals surface area contributed by atoms with Crippen molar-refractivity contribution < 1.29 is 4.79 Å². The molecule has 0 aliphatic heterocycles. The first kappa shape index (κ1) is 10.2. The summed E-state index contributed by atoms with van der Waals surface area (Å²) in [6, 6.07) is 3.49. The third-order valence-electron chi connectivity index (χ3n) is 1.55. The van der Waals surface area contributed by atoms with E-state index in [4.69, 9.17) is 0 Å². The summed E-state index contributed by atoms with van der Waals surface area (Å²) in [5, 5.41) is 10.4. The smallest absolute Gasteiger partial charge is 0.277 e. The van der Waals surface area contributed by atoms with Gasteiger partial charge in [0.2, 0.25) is 5.13 Å². The van der Waals surface area contributed by atoms with Crippen LogP contribution in [0.25, 0.3) is 0 Å². The molecule has 0 fully saturated rings. The van der Waals surface area contributed by atoms with Crippen LogP contribution in [0.3, 0.4) is 0 Å². The van der Waals surface area contributed by atoms with Gasteiger partial charge in [0.1, 0.15) is 11.2 Å². The van der Waals surface area contributed by atoms with Crippen molar-refractivity contribution in [3.63, 3.8) is 0 Å². The van der Waals surface area contributed by atoms with Crippen molar-refractivity contribution in [3.8, 4) is 0 Å². The lowest BCUT2D eigenvalue weighted by molar-refractivity contribution is 0.102. The Bertz CT molecular complexity index is 473. The Kier molecular flexibility index (Phi) is 3.02. The fraction of sp³-hybridized carbons (Fsp3) is 0. The molecule has 0 radical (unpaired) electrons. The van der Waals surface area contributed by atoms with Gasteiger partial charge in [-0.2, -0.15) is 0 Å². The van der Waals surface area contributed by atoms with Crippen LogP contribution in [0.2, 0.25) is 0 Å². The molecule has 7 heteroatoms. The first-order valence-corrected chi connectivity index (χ1v) is 5.62. The van der Waals surface area contributed by atoms with Gasteiger partial charge >= 0.3 is 0 Å². The molecular weight excluding hydrogens is 280 g/mol. The molecular formula is C8H5BrN4OS. The predicted octanol–water partition coefficient (Wildman–Crippen LogP) is 1.95. The molecule has 0 atom stereocenters. The van der Waals surface area contributed by atoms with E-state index in [2.05, 4.69) is 36.4 Å². The molecule has 0 unspecified atom stereocenters. The molecule has 2 aromatic rings. The van der Waals surface area contributed by atoms with Crippen molar-refractivity contribution in [1.82, 2.24) is 15.2 Å². The molecule has 15 heavy (non-hydrogen) atoms. The lowest BCUT2D eigenvalue weighted by Gasteiger charge is -2.01. The third kappa shape index (κ3) is 2.37. The fourth-order valence-corrected chi connectivity index (χ4v) is 1.81. The van der Waals surface area contributed by atoms with Gasteiger partial charge in [-0.1, -0.05) is 11.3 Å². The van der Waals surface area contributed by atoms with Crippen molar-refractivity contribution in [1.29, 1.82) is 0 Å². The van der Waals surface area contributed by atoms with E-state index >= 15 is 0 Å². The topological polar surface area (TPSA) is 67.8 Å². The zero-order valence-corrected chi connectivity index (χ0v) is 9.75. The number of pyridine rings is 1. The maximum absolute atomic E-state index is 11.7. The predicted molar refractivity (Wildman–Crippen MR) is 59.8 cm³/mol. The summed E-state index contributed by atoms with van der Waals surface area (Å²) in [6.07, 6.45) is 1.56. The second-order valence-electron chi connectivity index (χ2n) is 2.53. The molecule has 2 rings (SSSR count). The first-order chi connectivity index (χ1) is 7.27. The number of anilines is 1. The molecule has 2 heterocycles. The molecule has 1 N–H and O–H groups in total. The normalized spacial score (nSPS) is 9.93. The first-order valence-electron chi connectivity index (χ1n) is 3.95. The van der Waals surface area contributed by atoms with Crippen LogP contribution in [0.5, 0.6) is 0 Å². The van der Waals surface area contributed by atoms with Crippen LogP contribution < -0.4 is 5.32 Å². The van der Waals surface area contributed by atoms with Crippen LogP contribution in [0.15, 0.2) is 28.3 Å². The van der Waals surface area contributed by atoms with Crippen molar-refractivity contribution >= 4 is 38.3 Å². The number of amides is 1. The van der Waals surface area contributed by atoms with Crippen LogP contribution >= 0.6 is 27.3 Å². The Hall–Kier alpha value is -1.34. The van der Waals surface area contributed by atoms with Crippen LogP contribution in [0.1, 0.15) is 10.5 Å². The minimum absolute atomic E-state index is 0.306. The van der Waals surface area contributed by atoms with E-state index in [-0.39, 0.29) is 5.91 Å². The summed E-state index contributed by atoms with van der Waals surface area (Å²) in [4.78, 5) is 15.6. The minimum atomic E-state index is -0.306. The molecule has 0 aromatic carbocycles. The number of hydrogen-bond donors (Lipinski definition) is 1. The van der Waals surface area contributed by atoms with Crippen LogP contribution in [-0.4, -0.2) is 21.1 Å². The Morgan fingerprint density at radius 1 is 1.53 bits per heavy atom. The molecule has 0 bridgehead atoms. The minimum Gasteiger partial charge on any atom is -0.295 e. The quantitative estimate of drug-likeness (QED) is 0.915. The number of nitrogens with zero attached hydrogens (tertiary/aromatic N) is 3. The summed E-state index contributed by atoms with van der Waals surface area (Å²) in [6.45, 7) is 0. The standard InChI is InChI=1S/C8H5BrN4OS/c9-5-2-1-3-10-6(5)7(14)12-8-13-11-4-15-8/h1-4H,(H,12,13,14). The van der Waals surface area contributed by atoms with Crippen molar-refractivity contribution in [3.05, 3.63) is 34.0 Å². The van der Waals surface area contributed by atoms with Gasteiger partial charge in [0.15, 0.2) is 0 Å². The lowest BCUT2D eigenvalue weighted by atomic mass is 10.3. The number of hydrogen-bond acceptors (Lipinski definition) is 5. The average Bonchev–Trinajstić information content (AvgIpc) is 2.71. The van der Waals surface area contributed by atoms with Crippen LogP contribution in [0, 0.1) is 0 Å². The van der Waals surface area contributed by atoms with Gasteiger partial charge in [0.05, 0.1) is 0 Å². The van der Waals surface area contributed by atoms with Gasteiger partial charge in [-0.25, -0.2) is 4.98 Å². The van der Waals surface area contributed by atoms with Crippen molar-refractivity contribution in [2.45, 2.75) is 0 Å². The van der Waals surface area contributed by atoms with Crippen LogP contribution in [0.4, 0.5) is 5.13 Å². The largest absolute Gasteiger partial charge is 0.295 e. The summed E-state index contributed by atoms with van der Waals surface area (Å²) < 4.78 is 0.645. The summed E-state index contributed by atoms with van der Waals surface area (Å²) in [7, 11) is 0. The second-order valence-corrected chi connectivity index (χ2v) is 4.22. The van der Waals surface area contributed by atoms with E-state index < -0.39 is 0 Å². The third-order valence-corrected chi connectivity index (χ3v) is 2.80. The van der Waals surface area contributed by atoms with Gasteiger partial charge in [-0.3, -0.25) is 10.1 Å². The molecule has 2 aromatic heterocycles. The molecule has 0 saturated heterocycles. The summed E-state index contributed by atoms with van der Waals surface area (Å²) in [5.74, 6) is -0.306. The lowest BCUT2D eigenvalue weighted by Crippen LogP contribution is -2.14. The molecule has 0 aliphatic rings. The van der Waals surface area contributed by atoms with Crippen molar-refractivity contribution in [2.75, 3.05) is 5.32 Å². The van der Waals surface area contributed by atoms with Gasteiger partial charge < -0.3 is 0 Å². The maximum atomic E-state index is 11.7. The highest BCUT2D eigenvalue weighted by molar-refractivity contribution is 9.10. The number of halogens is 1. The highest BCUT2D eigenvalue weighted by atomic mass is 79.9. The number of rotatable bonds is 2. The van der Waals surface area contributed by atoms with Crippen molar-refractivity contribution in [2.24, 2.45) is 0 Å². The zero-order valence-electron chi connectivity index (χ0n) is 7.35. The highest BCUT2D eigenvalue weighted by Gasteiger charge is 2.12. The van der Waals surface area contributed by atoms with Gasteiger partial charge in [0.25, 0.3) is 5.91 Å². The molecule has 76 valence electrons. The molecule has 0 aliphatic carbocycles. The molecule has 0 saturated carbocycles. The summed E-state index contributed by atoms with van der Waals surface area (Å²) >= 11 is 4.50. The Labute approximate surface area is 97.7 Å². The van der Waals surface area contributed by atoms with Crippen LogP contribution in [-0.2, 0) is 0 Å². The van der Waals surface area contributed by atoms with Gasteiger partial charge in [0, 0.05) is 10.7 Å². The van der Waals surface area contributed by atoms with Gasteiger partial charge in [-0.05, 0) is 28.1 Å². The number of nitrogens with one attached hydrogen (secondary N) is 1. The number of carbonyl (C=O) groups is 1. The van der Waals surface area contributed by atoms with E-state index in [1.54, 1.807) is 23.8 Å². The molecule has 1 amide bonds. The molecule has 5 nitrogen and oxygen atoms in total. The zero-order chi connectivity index (χ0) is 10.7. The SMILES string of the molecule is O=C(Nc1nncs1)c1ncccc1Br. The highest BCUT2D eigenvalue weighted by Crippen LogP contribution is 2.15. The van der Waals surface area contributed by atoms with E-state index in [9.17, 15) is 4.79 Å². The fourth-order valence-electron chi connectivity index (χ4n) is 0.937. The monoisotopic (exact) mass is 284 g/mol. The maximum Gasteiger partial charge on any atom is 0.277 e. The van der Waals surface area contributed by atoms with E-state index in [1.165, 1.54) is 11.3 Å². The Morgan fingerprint density at radius 3 is 3.07 bits per heavy atom. The second kappa shape index (κ2) is 4.45. The average molecular weight is 285 g/mol.